The number of nitrogens with zero attached hydrogens (tertiary/aromatic N) is 1. The molecule has 2 rings (SSSR count). The molecule has 0 aliphatic heterocycles. The van der Waals surface area contributed by atoms with Gasteiger partial charge in [0.15, 0.2) is 10.9 Å². The number of hydrogen-bond acceptors (Lipinski definition) is 4. The molecule has 1 aromatic carbocycles. The summed E-state index contributed by atoms with van der Waals surface area (Å²) in [6.07, 6.45) is 0. The van der Waals surface area contributed by atoms with Crippen molar-refractivity contribution in [3.63, 3.8) is 0 Å². The van der Waals surface area contributed by atoms with Crippen LogP contribution in [-0.2, 0) is 0 Å². The summed E-state index contributed by atoms with van der Waals surface area (Å²) in [5, 5.41) is 4.74. The Morgan fingerprint density at radius 2 is 2.17 bits per heavy atom. The van der Waals surface area contributed by atoms with Crippen molar-refractivity contribution in [1.29, 1.82) is 0 Å². The molecule has 0 bridgehead atoms. The van der Waals surface area contributed by atoms with Crippen molar-refractivity contribution < 1.29 is 9.59 Å². The van der Waals surface area contributed by atoms with Gasteiger partial charge in [-0.2, -0.15) is 0 Å². The van der Waals surface area contributed by atoms with Gasteiger partial charge in [0.2, 0.25) is 0 Å². The van der Waals surface area contributed by atoms with E-state index in [4.69, 9.17) is 0 Å². The zero-order valence-corrected chi connectivity index (χ0v) is 12.4. The minimum absolute atomic E-state index is 0.110. The monoisotopic (exact) mass is 372 g/mol. The van der Waals surface area contributed by atoms with E-state index in [1.54, 1.807) is 17.5 Å². The highest BCUT2D eigenvalue weighted by Gasteiger charge is 2.10. The van der Waals surface area contributed by atoms with Gasteiger partial charge < -0.3 is 0 Å². The second kappa shape index (κ2) is 5.57. The maximum Gasteiger partial charge on any atom is 0.257 e. The first kappa shape index (κ1) is 13.2. The molecule has 0 atom stereocenters. The maximum atomic E-state index is 11.9. The van der Waals surface area contributed by atoms with Gasteiger partial charge in [-0.3, -0.25) is 14.9 Å². The van der Waals surface area contributed by atoms with Crippen LogP contribution in [0.1, 0.15) is 27.8 Å². The van der Waals surface area contributed by atoms with Crippen molar-refractivity contribution in [1.82, 2.24) is 4.98 Å². The van der Waals surface area contributed by atoms with E-state index < -0.39 is 0 Å². The lowest BCUT2D eigenvalue weighted by Gasteiger charge is -2.01. The quantitative estimate of drug-likeness (QED) is 0.665. The Bertz CT molecular complexity index is 610. The summed E-state index contributed by atoms with van der Waals surface area (Å²) in [4.78, 5) is 27.0. The summed E-state index contributed by atoms with van der Waals surface area (Å²) in [6.45, 7) is 1.44. The molecule has 18 heavy (non-hydrogen) atoms. The molecule has 0 aliphatic rings. The SMILES string of the molecule is CC(=O)c1csc(NC(=O)c2cccc(I)c2)n1. The number of benzene rings is 1. The lowest BCUT2D eigenvalue weighted by atomic mass is 10.2. The van der Waals surface area contributed by atoms with Crippen molar-refractivity contribution in [3.05, 3.63) is 44.5 Å². The summed E-state index contributed by atoms with van der Waals surface area (Å²) in [7, 11) is 0. The highest BCUT2D eigenvalue weighted by atomic mass is 127. The van der Waals surface area contributed by atoms with Crippen molar-refractivity contribution in [2.75, 3.05) is 5.32 Å². The molecule has 0 fully saturated rings. The smallest absolute Gasteiger partial charge is 0.257 e. The minimum Gasteiger partial charge on any atom is -0.298 e. The van der Waals surface area contributed by atoms with Crippen LogP contribution in [0.4, 0.5) is 5.13 Å². The zero-order chi connectivity index (χ0) is 13.1. The number of carbonyl (C=O) groups is 2. The van der Waals surface area contributed by atoms with Crippen LogP contribution in [-0.4, -0.2) is 16.7 Å². The molecule has 0 radical (unpaired) electrons. The van der Waals surface area contributed by atoms with E-state index in [-0.39, 0.29) is 11.7 Å². The molecule has 6 heteroatoms. The standard InChI is InChI=1S/C12H9IN2O2S/c1-7(16)10-6-18-12(14-10)15-11(17)8-3-2-4-9(13)5-8/h2-6H,1H3,(H,14,15,17). The van der Waals surface area contributed by atoms with Gasteiger partial charge in [0, 0.05) is 21.4 Å². The first-order valence-corrected chi connectivity index (χ1v) is 7.05. The van der Waals surface area contributed by atoms with Crippen LogP contribution in [0.5, 0.6) is 0 Å². The highest BCUT2D eigenvalue weighted by Crippen LogP contribution is 2.17. The number of Topliss-reactive ketones (excluding diaryl/α,β-unsaturated/α-hetero) is 1. The van der Waals surface area contributed by atoms with Crippen molar-refractivity contribution in [2.24, 2.45) is 0 Å². The summed E-state index contributed by atoms with van der Waals surface area (Å²) < 4.78 is 0.990. The van der Waals surface area contributed by atoms with Crippen LogP contribution in [0, 0.1) is 3.57 Å². The zero-order valence-electron chi connectivity index (χ0n) is 9.44. The Hall–Kier alpha value is -1.28. The minimum atomic E-state index is -0.224. The van der Waals surface area contributed by atoms with Gasteiger partial charge in [0.1, 0.15) is 5.69 Å². The van der Waals surface area contributed by atoms with Crippen molar-refractivity contribution in [2.45, 2.75) is 6.92 Å². The molecule has 4 nitrogen and oxygen atoms in total. The summed E-state index contributed by atoms with van der Waals surface area (Å²) in [5.74, 6) is -0.334. The number of nitrogens with one attached hydrogen (secondary N) is 1. The van der Waals surface area contributed by atoms with Gasteiger partial charge in [0.05, 0.1) is 0 Å². The van der Waals surface area contributed by atoms with Gasteiger partial charge in [-0.05, 0) is 40.8 Å². The van der Waals surface area contributed by atoms with Gasteiger partial charge in [0.25, 0.3) is 5.91 Å². The molecule has 1 amide bonds. The van der Waals surface area contributed by atoms with Crippen molar-refractivity contribution in [3.8, 4) is 0 Å². The topological polar surface area (TPSA) is 59.1 Å². The van der Waals surface area contributed by atoms with Crippen LogP contribution < -0.4 is 5.32 Å². The average Bonchev–Trinajstić information content (AvgIpc) is 2.77. The number of thiazole rings is 1. The van der Waals surface area contributed by atoms with E-state index in [2.05, 4.69) is 32.9 Å². The van der Waals surface area contributed by atoms with Crippen LogP contribution in [0.3, 0.4) is 0 Å². The van der Waals surface area contributed by atoms with E-state index >= 15 is 0 Å². The molecular weight excluding hydrogens is 363 g/mol. The number of amides is 1. The third kappa shape index (κ3) is 3.14. The lowest BCUT2D eigenvalue weighted by molar-refractivity contribution is 0.100. The molecule has 0 aliphatic carbocycles. The Morgan fingerprint density at radius 3 is 2.78 bits per heavy atom. The summed E-state index contributed by atoms with van der Waals surface area (Å²) in [6, 6.07) is 7.25. The normalized spacial score (nSPS) is 10.1. The highest BCUT2D eigenvalue weighted by molar-refractivity contribution is 14.1. The molecule has 0 saturated carbocycles. The Morgan fingerprint density at radius 1 is 1.39 bits per heavy atom. The molecule has 1 aromatic heterocycles. The number of hydrogen-bond donors (Lipinski definition) is 1. The van der Waals surface area contributed by atoms with Crippen LogP contribution in [0.2, 0.25) is 0 Å². The van der Waals surface area contributed by atoms with Crippen LogP contribution in [0.15, 0.2) is 29.6 Å². The van der Waals surface area contributed by atoms with E-state index in [1.165, 1.54) is 18.3 Å². The number of carbonyl (C=O) groups excluding carboxylic acids is 2. The molecule has 0 spiro atoms. The number of aromatic nitrogens is 1. The fourth-order valence-electron chi connectivity index (χ4n) is 1.29. The molecule has 0 saturated heterocycles. The molecule has 92 valence electrons. The number of halogens is 1. The van der Waals surface area contributed by atoms with Crippen molar-refractivity contribution >= 4 is 50.7 Å². The largest absolute Gasteiger partial charge is 0.298 e. The Labute approximate surface area is 122 Å². The fourth-order valence-corrected chi connectivity index (χ4v) is 2.58. The van der Waals surface area contributed by atoms with Gasteiger partial charge in [-0.1, -0.05) is 6.07 Å². The molecule has 1 N–H and O–H groups in total. The first-order valence-electron chi connectivity index (χ1n) is 5.09. The van der Waals surface area contributed by atoms with Gasteiger partial charge in [-0.25, -0.2) is 4.98 Å². The van der Waals surface area contributed by atoms with Gasteiger partial charge >= 0.3 is 0 Å². The molecule has 1 heterocycles. The predicted octanol–water partition coefficient (Wildman–Crippen LogP) is 3.20. The average molecular weight is 372 g/mol. The lowest BCUT2D eigenvalue weighted by Crippen LogP contribution is -2.12. The Kier molecular flexibility index (Phi) is 4.07. The molecular formula is C12H9IN2O2S. The first-order chi connectivity index (χ1) is 8.56. The number of rotatable bonds is 3. The second-order valence-electron chi connectivity index (χ2n) is 3.56. The number of ketones is 1. The van der Waals surface area contributed by atoms with E-state index in [0.717, 1.165) is 3.57 Å². The Balaban J connectivity index is 2.13. The second-order valence-corrected chi connectivity index (χ2v) is 5.66. The molecule has 0 unspecified atom stereocenters. The van der Waals surface area contributed by atoms with E-state index in [1.807, 2.05) is 12.1 Å². The van der Waals surface area contributed by atoms with Crippen LogP contribution in [0.25, 0.3) is 0 Å². The maximum absolute atomic E-state index is 11.9. The summed E-state index contributed by atoms with van der Waals surface area (Å²) >= 11 is 3.38. The third-order valence-electron chi connectivity index (χ3n) is 2.17. The number of anilines is 1. The fraction of sp³-hybridized carbons (Fsp3) is 0.0833. The third-order valence-corrected chi connectivity index (χ3v) is 3.60. The van der Waals surface area contributed by atoms with Crippen LogP contribution >= 0.6 is 33.9 Å². The van der Waals surface area contributed by atoms with E-state index in [9.17, 15) is 9.59 Å². The summed E-state index contributed by atoms with van der Waals surface area (Å²) in [5.41, 5.74) is 0.944. The molecule has 2 aromatic rings. The predicted molar refractivity (Wildman–Crippen MR) is 79.2 cm³/mol. The van der Waals surface area contributed by atoms with E-state index in [0.29, 0.717) is 16.4 Å². The van der Waals surface area contributed by atoms with Gasteiger partial charge in [-0.15, -0.1) is 11.3 Å².